The van der Waals surface area contributed by atoms with Gasteiger partial charge in [-0.05, 0) is 20.3 Å². The summed E-state index contributed by atoms with van der Waals surface area (Å²) in [6.07, 6.45) is 1.64. The average molecular weight is 235 g/mol. The van der Waals surface area contributed by atoms with Gasteiger partial charge in [-0.25, -0.2) is 8.42 Å². The molecule has 0 aromatic heterocycles. The summed E-state index contributed by atoms with van der Waals surface area (Å²) in [5, 5.41) is 0. The van der Waals surface area contributed by atoms with Crippen molar-refractivity contribution >= 4 is 10.0 Å². The molecule has 4 nitrogen and oxygen atoms in total. The first-order valence-corrected chi connectivity index (χ1v) is 7.21. The van der Waals surface area contributed by atoms with Gasteiger partial charge < -0.3 is 4.74 Å². The number of morpholine rings is 1. The maximum atomic E-state index is 12.0. The van der Waals surface area contributed by atoms with Crippen molar-refractivity contribution < 1.29 is 13.2 Å². The molecule has 1 rings (SSSR count). The zero-order valence-electron chi connectivity index (χ0n) is 9.77. The highest BCUT2D eigenvalue weighted by molar-refractivity contribution is 7.89. The monoisotopic (exact) mass is 235 g/mol. The number of nitrogens with zero attached hydrogens (tertiary/aromatic N) is 1. The molecular formula is C10H21NO3S. The SMILES string of the molecule is CCCCS(=O)(=O)N1CCOC(C)C1C. The summed E-state index contributed by atoms with van der Waals surface area (Å²) in [6, 6.07) is -0.0411. The van der Waals surface area contributed by atoms with E-state index in [4.69, 9.17) is 4.74 Å². The highest BCUT2D eigenvalue weighted by atomic mass is 32.2. The lowest BCUT2D eigenvalue weighted by Gasteiger charge is -2.36. The van der Waals surface area contributed by atoms with E-state index in [1.165, 1.54) is 0 Å². The summed E-state index contributed by atoms with van der Waals surface area (Å²) in [5.74, 6) is 0.264. The van der Waals surface area contributed by atoms with Gasteiger partial charge in [0.15, 0.2) is 0 Å². The van der Waals surface area contributed by atoms with Crippen LogP contribution in [0.1, 0.15) is 33.6 Å². The van der Waals surface area contributed by atoms with Crippen molar-refractivity contribution in [3.8, 4) is 0 Å². The van der Waals surface area contributed by atoms with E-state index in [9.17, 15) is 8.42 Å². The van der Waals surface area contributed by atoms with Crippen molar-refractivity contribution in [2.24, 2.45) is 0 Å². The van der Waals surface area contributed by atoms with Crippen LogP contribution in [0, 0.1) is 0 Å². The number of rotatable bonds is 4. The minimum atomic E-state index is -3.07. The van der Waals surface area contributed by atoms with Gasteiger partial charge in [0.05, 0.1) is 18.5 Å². The Morgan fingerprint density at radius 1 is 1.40 bits per heavy atom. The van der Waals surface area contributed by atoms with Crippen LogP contribution < -0.4 is 0 Å². The molecule has 0 aliphatic carbocycles. The number of hydrogen-bond acceptors (Lipinski definition) is 3. The molecule has 5 heteroatoms. The summed E-state index contributed by atoms with van der Waals surface area (Å²) in [5.41, 5.74) is 0. The van der Waals surface area contributed by atoms with Gasteiger partial charge >= 0.3 is 0 Å². The second kappa shape index (κ2) is 5.27. The fourth-order valence-corrected chi connectivity index (χ4v) is 3.66. The van der Waals surface area contributed by atoms with E-state index in [-0.39, 0.29) is 17.9 Å². The molecule has 1 aliphatic heterocycles. The summed E-state index contributed by atoms with van der Waals surface area (Å²) in [6.45, 7) is 6.84. The minimum Gasteiger partial charge on any atom is -0.375 e. The molecule has 2 atom stereocenters. The Hall–Kier alpha value is -0.130. The maximum absolute atomic E-state index is 12.0. The molecule has 0 aromatic rings. The molecule has 1 saturated heterocycles. The second-order valence-electron chi connectivity index (χ2n) is 4.10. The van der Waals surface area contributed by atoms with Crippen LogP contribution in [-0.2, 0) is 14.8 Å². The molecule has 0 saturated carbocycles. The molecule has 0 spiro atoms. The van der Waals surface area contributed by atoms with Crippen LogP contribution in [-0.4, -0.2) is 43.8 Å². The Kier molecular flexibility index (Phi) is 4.55. The highest BCUT2D eigenvalue weighted by Crippen LogP contribution is 2.18. The zero-order valence-corrected chi connectivity index (χ0v) is 10.6. The molecule has 1 heterocycles. The topological polar surface area (TPSA) is 46.6 Å². The van der Waals surface area contributed by atoms with Gasteiger partial charge in [0, 0.05) is 12.6 Å². The van der Waals surface area contributed by atoms with Crippen molar-refractivity contribution in [2.45, 2.75) is 45.8 Å². The lowest BCUT2D eigenvalue weighted by atomic mass is 10.2. The Labute approximate surface area is 92.7 Å². The van der Waals surface area contributed by atoms with Crippen LogP contribution in [0.25, 0.3) is 0 Å². The van der Waals surface area contributed by atoms with Gasteiger partial charge in [-0.15, -0.1) is 0 Å². The zero-order chi connectivity index (χ0) is 11.5. The first-order valence-electron chi connectivity index (χ1n) is 5.60. The van der Waals surface area contributed by atoms with E-state index in [2.05, 4.69) is 0 Å². The van der Waals surface area contributed by atoms with Gasteiger partial charge in [-0.2, -0.15) is 4.31 Å². The van der Waals surface area contributed by atoms with Gasteiger partial charge in [0.1, 0.15) is 0 Å². The number of sulfonamides is 1. The minimum absolute atomic E-state index is 0.00449. The van der Waals surface area contributed by atoms with E-state index >= 15 is 0 Å². The first-order chi connectivity index (χ1) is 6.99. The van der Waals surface area contributed by atoms with E-state index in [0.717, 1.165) is 12.8 Å². The van der Waals surface area contributed by atoms with Crippen molar-refractivity contribution in [3.63, 3.8) is 0 Å². The van der Waals surface area contributed by atoms with E-state index in [1.807, 2.05) is 20.8 Å². The molecule has 0 N–H and O–H groups in total. The number of hydrogen-bond donors (Lipinski definition) is 0. The predicted molar refractivity (Wildman–Crippen MR) is 60.3 cm³/mol. The van der Waals surface area contributed by atoms with Crippen molar-refractivity contribution in [1.82, 2.24) is 4.31 Å². The molecule has 2 unspecified atom stereocenters. The Bertz CT molecular complexity index is 289. The molecule has 1 fully saturated rings. The van der Waals surface area contributed by atoms with Crippen LogP contribution in [0.15, 0.2) is 0 Å². The average Bonchev–Trinajstić information content (AvgIpc) is 2.19. The highest BCUT2D eigenvalue weighted by Gasteiger charge is 2.33. The van der Waals surface area contributed by atoms with Crippen LogP contribution in [0.2, 0.25) is 0 Å². The molecule has 1 aliphatic rings. The molecule has 90 valence electrons. The third-order valence-electron chi connectivity index (χ3n) is 2.94. The fourth-order valence-electron chi connectivity index (χ4n) is 1.74. The normalized spacial score (nSPS) is 29.3. The molecule has 0 radical (unpaired) electrons. The lowest BCUT2D eigenvalue weighted by Crippen LogP contribution is -2.51. The Morgan fingerprint density at radius 3 is 2.67 bits per heavy atom. The van der Waals surface area contributed by atoms with Crippen LogP contribution in [0.5, 0.6) is 0 Å². The van der Waals surface area contributed by atoms with E-state index < -0.39 is 10.0 Å². The summed E-state index contributed by atoms with van der Waals surface area (Å²) in [7, 11) is -3.07. The Morgan fingerprint density at radius 2 is 2.07 bits per heavy atom. The van der Waals surface area contributed by atoms with Gasteiger partial charge in [0.25, 0.3) is 0 Å². The van der Waals surface area contributed by atoms with Gasteiger partial charge in [-0.3, -0.25) is 0 Å². The van der Waals surface area contributed by atoms with Gasteiger partial charge in [0.2, 0.25) is 10.0 Å². The first kappa shape index (κ1) is 12.9. The fraction of sp³-hybridized carbons (Fsp3) is 1.00. The third-order valence-corrected chi connectivity index (χ3v) is 4.97. The molecule has 0 amide bonds. The van der Waals surface area contributed by atoms with Crippen LogP contribution in [0.3, 0.4) is 0 Å². The van der Waals surface area contributed by atoms with E-state index in [1.54, 1.807) is 4.31 Å². The Balaban J connectivity index is 2.68. The van der Waals surface area contributed by atoms with Gasteiger partial charge in [-0.1, -0.05) is 13.3 Å². The lowest BCUT2D eigenvalue weighted by molar-refractivity contribution is -0.0231. The molecular weight excluding hydrogens is 214 g/mol. The summed E-state index contributed by atoms with van der Waals surface area (Å²) < 4.78 is 30.9. The smallest absolute Gasteiger partial charge is 0.214 e. The molecule has 15 heavy (non-hydrogen) atoms. The quantitative estimate of drug-likeness (QED) is 0.736. The van der Waals surface area contributed by atoms with Crippen molar-refractivity contribution in [2.75, 3.05) is 18.9 Å². The third kappa shape index (κ3) is 3.16. The van der Waals surface area contributed by atoms with Crippen molar-refractivity contribution in [1.29, 1.82) is 0 Å². The van der Waals surface area contributed by atoms with E-state index in [0.29, 0.717) is 13.2 Å². The second-order valence-corrected chi connectivity index (χ2v) is 6.14. The standard InChI is InChI=1S/C10H21NO3S/c1-4-5-8-15(12,13)11-6-7-14-10(3)9(11)2/h9-10H,4-8H2,1-3H3. The largest absolute Gasteiger partial charge is 0.375 e. The van der Waals surface area contributed by atoms with Crippen molar-refractivity contribution in [3.05, 3.63) is 0 Å². The predicted octanol–water partition coefficient (Wildman–Crippen LogP) is 1.23. The van der Waals surface area contributed by atoms with Crippen LogP contribution >= 0.6 is 0 Å². The molecule has 0 aromatic carbocycles. The summed E-state index contributed by atoms with van der Waals surface area (Å²) >= 11 is 0. The maximum Gasteiger partial charge on any atom is 0.214 e. The number of ether oxygens (including phenoxy) is 1. The molecule has 0 bridgehead atoms. The summed E-state index contributed by atoms with van der Waals surface area (Å²) in [4.78, 5) is 0. The number of unbranched alkanes of at least 4 members (excludes halogenated alkanes) is 1. The van der Waals surface area contributed by atoms with Crippen LogP contribution in [0.4, 0.5) is 0 Å².